The van der Waals surface area contributed by atoms with E-state index in [1.807, 2.05) is 13.8 Å². The molecule has 0 heterocycles. The number of nitrogens with one attached hydrogen (secondary N) is 1. The summed E-state index contributed by atoms with van der Waals surface area (Å²) in [5.74, 6) is 0.408. The van der Waals surface area contributed by atoms with E-state index in [9.17, 15) is 9.59 Å². The lowest BCUT2D eigenvalue weighted by atomic mass is 10.1. The Balaban J connectivity index is 3.02. The summed E-state index contributed by atoms with van der Waals surface area (Å²) in [5.41, 5.74) is 0.378. The Labute approximate surface area is 125 Å². The number of amides is 2. The smallest absolute Gasteiger partial charge is 0.258 e. The van der Waals surface area contributed by atoms with Gasteiger partial charge in [-0.1, -0.05) is 6.07 Å². The summed E-state index contributed by atoms with van der Waals surface area (Å²) < 4.78 is 10.4. The van der Waals surface area contributed by atoms with Crippen LogP contribution in [0.25, 0.3) is 0 Å². The predicted molar refractivity (Wildman–Crippen MR) is 79.8 cm³/mol. The van der Waals surface area contributed by atoms with Crippen LogP contribution in [0.5, 0.6) is 11.5 Å². The predicted octanol–water partition coefficient (Wildman–Crippen LogP) is 1.30. The highest BCUT2D eigenvalue weighted by molar-refractivity contribution is 5.99. The lowest BCUT2D eigenvalue weighted by Crippen LogP contribution is -2.40. The molecular formula is C15H22N2O4. The lowest BCUT2D eigenvalue weighted by molar-refractivity contribution is -0.121. The number of benzene rings is 1. The van der Waals surface area contributed by atoms with E-state index in [0.717, 1.165) is 0 Å². The highest BCUT2D eigenvalue weighted by atomic mass is 16.5. The zero-order valence-electron chi connectivity index (χ0n) is 12.9. The van der Waals surface area contributed by atoms with Gasteiger partial charge in [-0.3, -0.25) is 9.59 Å². The van der Waals surface area contributed by atoms with Gasteiger partial charge in [-0.2, -0.15) is 0 Å². The number of rotatable bonds is 7. The molecule has 6 nitrogen and oxygen atoms in total. The molecule has 0 aliphatic carbocycles. The van der Waals surface area contributed by atoms with E-state index in [1.165, 1.54) is 19.1 Å². The summed E-state index contributed by atoms with van der Waals surface area (Å²) >= 11 is 0. The summed E-state index contributed by atoms with van der Waals surface area (Å²) in [6.45, 7) is 4.64. The molecule has 116 valence electrons. The van der Waals surface area contributed by atoms with Crippen LogP contribution in [-0.4, -0.2) is 50.6 Å². The van der Waals surface area contributed by atoms with Gasteiger partial charge in [0.15, 0.2) is 11.5 Å². The van der Waals surface area contributed by atoms with Crippen molar-refractivity contribution < 1.29 is 19.1 Å². The molecule has 0 atom stereocenters. The molecule has 21 heavy (non-hydrogen) atoms. The van der Waals surface area contributed by atoms with Crippen LogP contribution in [0.1, 0.15) is 24.2 Å². The minimum atomic E-state index is -0.264. The SMILES string of the molecule is CCNC(=O)CN(CC)C(=O)c1cccc(OC)c1OC. The van der Waals surface area contributed by atoms with Crippen molar-refractivity contribution in [1.82, 2.24) is 10.2 Å². The summed E-state index contributed by atoms with van der Waals surface area (Å²) in [6.07, 6.45) is 0. The van der Waals surface area contributed by atoms with Crippen molar-refractivity contribution in [1.29, 1.82) is 0 Å². The molecule has 1 N–H and O–H groups in total. The Morgan fingerprint density at radius 2 is 1.90 bits per heavy atom. The number of para-hydroxylation sites is 1. The number of likely N-dealkylation sites (N-methyl/N-ethyl adjacent to an activating group) is 2. The average Bonchev–Trinajstić information content (AvgIpc) is 2.51. The summed E-state index contributed by atoms with van der Waals surface area (Å²) in [4.78, 5) is 25.7. The first kappa shape index (κ1) is 16.8. The molecule has 6 heteroatoms. The van der Waals surface area contributed by atoms with Crippen molar-refractivity contribution in [3.63, 3.8) is 0 Å². The van der Waals surface area contributed by atoms with Gasteiger partial charge in [-0.15, -0.1) is 0 Å². The van der Waals surface area contributed by atoms with Gasteiger partial charge in [0.1, 0.15) is 0 Å². The lowest BCUT2D eigenvalue weighted by Gasteiger charge is -2.22. The minimum Gasteiger partial charge on any atom is -0.493 e. The van der Waals surface area contributed by atoms with Gasteiger partial charge in [-0.05, 0) is 26.0 Å². The standard InChI is InChI=1S/C15H22N2O4/c1-5-16-13(18)10-17(6-2)15(19)11-8-7-9-12(20-3)14(11)21-4/h7-9H,5-6,10H2,1-4H3,(H,16,18). The van der Waals surface area contributed by atoms with Gasteiger partial charge in [0.2, 0.25) is 5.91 Å². The molecule has 0 saturated heterocycles. The molecular weight excluding hydrogens is 272 g/mol. The van der Waals surface area contributed by atoms with Crippen molar-refractivity contribution in [3.8, 4) is 11.5 Å². The van der Waals surface area contributed by atoms with E-state index < -0.39 is 0 Å². The average molecular weight is 294 g/mol. The van der Waals surface area contributed by atoms with E-state index >= 15 is 0 Å². The normalized spacial score (nSPS) is 9.90. The number of carbonyl (C=O) groups is 2. The van der Waals surface area contributed by atoms with Gasteiger partial charge in [0.05, 0.1) is 26.3 Å². The fraction of sp³-hybridized carbons (Fsp3) is 0.467. The van der Waals surface area contributed by atoms with Crippen LogP contribution in [0.15, 0.2) is 18.2 Å². The van der Waals surface area contributed by atoms with Crippen LogP contribution in [-0.2, 0) is 4.79 Å². The maximum absolute atomic E-state index is 12.6. The maximum atomic E-state index is 12.6. The molecule has 0 aliphatic heterocycles. The van der Waals surface area contributed by atoms with E-state index in [4.69, 9.17) is 9.47 Å². The largest absolute Gasteiger partial charge is 0.493 e. The van der Waals surface area contributed by atoms with Crippen LogP contribution in [0.2, 0.25) is 0 Å². The molecule has 0 fully saturated rings. The van der Waals surface area contributed by atoms with Crippen molar-refractivity contribution in [3.05, 3.63) is 23.8 Å². The van der Waals surface area contributed by atoms with Gasteiger partial charge >= 0.3 is 0 Å². The van der Waals surface area contributed by atoms with Crippen LogP contribution < -0.4 is 14.8 Å². The van der Waals surface area contributed by atoms with E-state index in [-0.39, 0.29) is 18.4 Å². The Morgan fingerprint density at radius 1 is 1.19 bits per heavy atom. The Kier molecular flexibility index (Phi) is 6.52. The molecule has 0 unspecified atom stereocenters. The topological polar surface area (TPSA) is 67.9 Å². The molecule has 0 aromatic heterocycles. The summed E-state index contributed by atoms with van der Waals surface area (Å²) in [5, 5.41) is 2.68. The molecule has 0 spiro atoms. The Hall–Kier alpha value is -2.24. The molecule has 0 saturated carbocycles. The van der Waals surface area contributed by atoms with Gasteiger partial charge in [0, 0.05) is 13.1 Å². The third-order valence-corrected chi connectivity index (χ3v) is 3.01. The van der Waals surface area contributed by atoms with Crippen molar-refractivity contribution in [2.45, 2.75) is 13.8 Å². The molecule has 0 aliphatic rings. The highest BCUT2D eigenvalue weighted by Crippen LogP contribution is 2.31. The highest BCUT2D eigenvalue weighted by Gasteiger charge is 2.22. The zero-order chi connectivity index (χ0) is 15.8. The van der Waals surface area contributed by atoms with E-state index in [1.54, 1.807) is 18.2 Å². The molecule has 1 aromatic rings. The van der Waals surface area contributed by atoms with Crippen molar-refractivity contribution >= 4 is 11.8 Å². The van der Waals surface area contributed by atoms with Crippen LogP contribution >= 0.6 is 0 Å². The first-order valence-corrected chi connectivity index (χ1v) is 6.85. The fourth-order valence-electron chi connectivity index (χ4n) is 1.98. The zero-order valence-corrected chi connectivity index (χ0v) is 12.9. The van der Waals surface area contributed by atoms with Gasteiger partial charge in [-0.25, -0.2) is 0 Å². The molecule has 1 aromatic carbocycles. The third-order valence-electron chi connectivity index (χ3n) is 3.01. The second kappa shape index (κ2) is 8.14. The maximum Gasteiger partial charge on any atom is 0.258 e. The van der Waals surface area contributed by atoms with E-state index in [0.29, 0.717) is 30.2 Å². The second-order valence-electron chi connectivity index (χ2n) is 4.31. The van der Waals surface area contributed by atoms with Gasteiger partial charge < -0.3 is 19.7 Å². The number of hydrogen-bond donors (Lipinski definition) is 1. The summed E-state index contributed by atoms with van der Waals surface area (Å²) in [7, 11) is 2.99. The molecule has 2 amide bonds. The molecule has 0 radical (unpaired) electrons. The number of methoxy groups -OCH3 is 2. The van der Waals surface area contributed by atoms with Crippen molar-refractivity contribution in [2.24, 2.45) is 0 Å². The number of carbonyl (C=O) groups excluding carboxylic acids is 2. The number of hydrogen-bond acceptors (Lipinski definition) is 4. The van der Waals surface area contributed by atoms with Crippen LogP contribution in [0.3, 0.4) is 0 Å². The molecule has 1 rings (SSSR count). The third kappa shape index (κ3) is 4.11. The first-order valence-electron chi connectivity index (χ1n) is 6.85. The monoisotopic (exact) mass is 294 g/mol. The van der Waals surface area contributed by atoms with Crippen molar-refractivity contribution in [2.75, 3.05) is 33.9 Å². The molecule has 0 bridgehead atoms. The van der Waals surface area contributed by atoms with E-state index in [2.05, 4.69) is 5.32 Å². The number of nitrogens with zero attached hydrogens (tertiary/aromatic N) is 1. The Bertz CT molecular complexity index is 502. The fourth-order valence-corrected chi connectivity index (χ4v) is 1.98. The van der Waals surface area contributed by atoms with Crippen LogP contribution in [0, 0.1) is 0 Å². The Morgan fingerprint density at radius 3 is 2.43 bits per heavy atom. The summed E-state index contributed by atoms with van der Waals surface area (Å²) in [6, 6.07) is 5.09. The number of ether oxygens (including phenoxy) is 2. The second-order valence-corrected chi connectivity index (χ2v) is 4.31. The first-order chi connectivity index (χ1) is 10.1. The quantitative estimate of drug-likeness (QED) is 0.823. The minimum absolute atomic E-state index is 0.0174. The van der Waals surface area contributed by atoms with Gasteiger partial charge in [0.25, 0.3) is 5.91 Å². The van der Waals surface area contributed by atoms with Crippen LogP contribution in [0.4, 0.5) is 0 Å².